The molecule has 2 saturated heterocycles. The van der Waals surface area contributed by atoms with Crippen LogP contribution in [0.25, 0.3) is 0 Å². The molecule has 1 aliphatic carbocycles. The predicted molar refractivity (Wildman–Crippen MR) is 127 cm³/mol. The van der Waals surface area contributed by atoms with Crippen molar-refractivity contribution < 1.29 is 18.0 Å². The minimum absolute atomic E-state index is 0.0999. The van der Waals surface area contributed by atoms with Crippen LogP contribution >= 0.6 is 0 Å². The van der Waals surface area contributed by atoms with Crippen molar-refractivity contribution in [1.29, 1.82) is 0 Å². The third kappa shape index (κ3) is 5.77. The zero-order chi connectivity index (χ0) is 23.3. The summed E-state index contributed by atoms with van der Waals surface area (Å²) in [5.41, 5.74) is 0.236. The van der Waals surface area contributed by atoms with Crippen molar-refractivity contribution >= 4 is 21.8 Å². The summed E-state index contributed by atoms with van der Waals surface area (Å²) in [5, 5.41) is 0. The maximum absolute atomic E-state index is 13.3. The van der Waals surface area contributed by atoms with Gasteiger partial charge in [0.15, 0.2) is 0 Å². The van der Waals surface area contributed by atoms with Gasteiger partial charge in [0.1, 0.15) is 0 Å². The Hall–Kier alpha value is -1.93. The standard InChI is InChI=1S/C25H37N3O4S/c29-24(14-13-21-9-3-1-4-10-21)26-17-19-27(20-18-26)25(30)22-11-5-6-12-23(22)33(31,32)28-15-7-2-8-16-28/h5-6,11-12,21H,1-4,7-10,13-20H2. The van der Waals surface area contributed by atoms with Crippen LogP contribution in [0.1, 0.15) is 74.6 Å². The summed E-state index contributed by atoms with van der Waals surface area (Å²) < 4.78 is 28.0. The molecular weight excluding hydrogens is 438 g/mol. The van der Waals surface area contributed by atoms with E-state index in [2.05, 4.69) is 0 Å². The molecule has 0 radical (unpaired) electrons. The third-order valence-electron chi connectivity index (χ3n) is 7.46. The number of carbonyl (C=O) groups is 2. The van der Waals surface area contributed by atoms with Gasteiger partial charge in [0, 0.05) is 45.7 Å². The highest BCUT2D eigenvalue weighted by molar-refractivity contribution is 7.89. The molecule has 2 heterocycles. The molecule has 33 heavy (non-hydrogen) atoms. The molecule has 182 valence electrons. The predicted octanol–water partition coefficient (Wildman–Crippen LogP) is 3.51. The van der Waals surface area contributed by atoms with Crippen LogP contribution in [0.5, 0.6) is 0 Å². The van der Waals surface area contributed by atoms with Gasteiger partial charge >= 0.3 is 0 Å². The van der Waals surface area contributed by atoms with E-state index in [1.807, 2.05) is 4.90 Å². The smallest absolute Gasteiger partial charge is 0.255 e. The molecule has 3 fully saturated rings. The van der Waals surface area contributed by atoms with E-state index in [1.165, 1.54) is 36.4 Å². The van der Waals surface area contributed by atoms with E-state index < -0.39 is 10.0 Å². The molecule has 0 aromatic heterocycles. The van der Waals surface area contributed by atoms with Gasteiger partial charge in [0.05, 0.1) is 10.5 Å². The highest BCUT2D eigenvalue weighted by Crippen LogP contribution is 2.28. The molecule has 8 heteroatoms. The van der Waals surface area contributed by atoms with Gasteiger partial charge < -0.3 is 9.80 Å². The van der Waals surface area contributed by atoms with Gasteiger partial charge in [-0.15, -0.1) is 0 Å². The highest BCUT2D eigenvalue weighted by atomic mass is 32.2. The van der Waals surface area contributed by atoms with Gasteiger partial charge in [-0.05, 0) is 37.3 Å². The third-order valence-corrected chi connectivity index (χ3v) is 9.42. The van der Waals surface area contributed by atoms with Gasteiger partial charge in [0.25, 0.3) is 5.91 Å². The first kappa shape index (κ1) is 24.2. The molecule has 4 rings (SSSR count). The number of carbonyl (C=O) groups excluding carboxylic acids is 2. The molecule has 1 aromatic rings. The van der Waals surface area contributed by atoms with Crippen LogP contribution in [0.4, 0.5) is 0 Å². The summed E-state index contributed by atoms with van der Waals surface area (Å²) in [7, 11) is -3.70. The lowest BCUT2D eigenvalue weighted by atomic mass is 9.86. The van der Waals surface area contributed by atoms with Gasteiger partial charge in [-0.1, -0.05) is 50.7 Å². The van der Waals surface area contributed by atoms with Crippen LogP contribution in [0.3, 0.4) is 0 Å². The molecule has 2 amide bonds. The number of rotatable bonds is 6. The van der Waals surface area contributed by atoms with Crippen molar-refractivity contribution in [2.75, 3.05) is 39.3 Å². The van der Waals surface area contributed by atoms with Crippen LogP contribution in [0.15, 0.2) is 29.2 Å². The molecule has 3 aliphatic rings. The van der Waals surface area contributed by atoms with Crippen molar-refractivity contribution in [2.45, 2.75) is 69.1 Å². The maximum Gasteiger partial charge on any atom is 0.255 e. The number of amides is 2. The van der Waals surface area contributed by atoms with Gasteiger partial charge in [0.2, 0.25) is 15.9 Å². The van der Waals surface area contributed by atoms with Crippen LogP contribution in [-0.2, 0) is 14.8 Å². The Labute approximate surface area is 198 Å². The van der Waals surface area contributed by atoms with E-state index >= 15 is 0 Å². The Kier molecular flexibility index (Phi) is 8.07. The summed E-state index contributed by atoms with van der Waals surface area (Å²) in [6, 6.07) is 6.55. The van der Waals surface area contributed by atoms with Gasteiger partial charge in [-0.2, -0.15) is 4.31 Å². The highest BCUT2D eigenvalue weighted by Gasteiger charge is 2.32. The fourth-order valence-corrected chi connectivity index (χ4v) is 7.10. The van der Waals surface area contributed by atoms with Crippen molar-refractivity contribution in [3.63, 3.8) is 0 Å². The minimum atomic E-state index is -3.70. The van der Waals surface area contributed by atoms with E-state index in [0.717, 1.165) is 25.7 Å². The number of benzene rings is 1. The summed E-state index contributed by atoms with van der Waals surface area (Å²) >= 11 is 0. The van der Waals surface area contributed by atoms with Crippen molar-refractivity contribution in [3.8, 4) is 0 Å². The molecule has 0 N–H and O–H groups in total. The van der Waals surface area contributed by atoms with E-state index in [1.54, 1.807) is 29.2 Å². The lowest BCUT2D eigenvalue weighted by molar-refractivity contribution is -0.133. The zero-order valence-corrected chi connectivity index (χ0v) is 20.4. The van der Waals surface area contributed by atoms with E-state index in [-0.39, 0.29) is 22.3 Å². The molecule has 7 nitrogen and oxygen atoms in total. The van der Waals surface area contributed by atoms with E-state index in [4.69, 9.17) is 0 Å². The number of hydrogen-bond donors (Lipinski definition) is 0. The Morgan fingerprint density at radius 3 is 2.09 bits per heavy atom. The van der Waals surface area contributed by atoms with Crippen LogP contribution in [-0.4, -0.2) is 73.6 Å². The largest absolute Gasteiger partial charge is 0.339 e. The summed E-state index contributed by atoms with van der Waals surface area (Å²) in [4.78, 5) is 29.6. The second-order valence-electron chi connectivity index (χ2n) is 9.68. The van der Waals surface area contributed by atoms with Crippen molar-refractivity contribution in [1.82, 2.24) is 14.1 Å². The first-order valence-electron chi connectivity index (χ1n) is 12.6. The SMILES string of the molecule is O=C(CCC1CCCCC1)N1CCN(C(=O)c2ccccc2S(=O)(=O)N2CCCCC2)CC1. The van der Waals surface area contributed by atoms with Crippen LogP contribution in [0.2, 0.25) is 0 Å². The van der Waals surface area contributed by atoms with Gasteiger partial charge in [-0.3, -0.25) is 9.59 Å². The number of piperazine rings is 1. The van der Waals surface area contributed by atoms with Crippen LogP contribution in [0, 0.1) is 5.92 Å². The Bertz CT molecular complexity index is 929. The summed E-state index contributed by atoms with van der Waals surface area (Å²) in [6.45, 7) is 2.91. The lowest BCUT2D eigenvalue weighted by Crippen LogP contribution is -2.51. The molecule has 0 unspecified atom stereocenters. The second-order valence-corrected chi connectivity index (χ2v) is 11.6. The first-order chi connectivity index (χ1) is 16.0. The number of hydrogen-bond acceptors (Lipinski definition) is 4. The minimum Gasteiger partial charge on any atom is -0.339 e. The molecule has 0 spiro atoms. The quantitative estimate of drug-likeness (QED) is 0.631. The number of sulfonamides is 1. The summed E-state index contributed by atoms with van der Waals surface area (Å²) in [6.07, 6.45) is 10.7. The maximum atomic E-state index is 13.3. The molecule has 1 saturated carbocycles. The normalized spacial score (nSPS) is 21.2. The van der Waals surface area contributed by atoms with Crippen molar-refractivity contribution in [3.05, 3.63) is 29.8 Å². The zero-order valence-electron chi connectivity index (χ0n) is 19.6. The fraction of sp³-hybridized carbons (Fsp3) is 0.680. The molecule has 0 atom stereocenters. The molecular formula is C25H37N3O4S. The van der Waals surface area contributed by atoms with E-state index in [9.17, 15) is 18.0 Å². The summed E-state index contributed by atoms with van der Waals surface area (Å²) in [5.74, 6) is 0.602. The monoisotopic (exact) mass is 475 g/mol. The topological polar surface area (TPSA) is 78.0 Å². The number of nitrogens with zero attached hydrogens (tertiary/aromatic N) is 3. The molecule has 0 bridgehead atoms. The van der Waals surface area contributed by atoms with Gasteiger partial charge in [-0.25, -0.2) is 8.42 Å². The Morgan fingerprint density at radius 2 is 1.39 bits per heavy atom. The Balaban J connectivity index is 1.35. The second kappa shape index (κ2) is 11.0. The van der Waals surface area contributed by atoms with Crippen molar-refractivity contribution in [2.24, 2.45) is 5.92 Å². The fourth-order valence-electron chi connectivity index (χ4n) is 5.40. The first-order valence-corrected chi connectivity index (χ1v) is 14.1. The van der Waals surface area contributed by atoms with E-state index in [0.29, 0.717) is 51.6 Å². The molecule has 2 aliphatic heterocycles. The molecule has 1 aromatic carbocycles. The number of piperidine rings is 1. The van der Waals surface area contributed by atoms with Crippen LogP contribution < -0.4 is 0 Å². The average molecular weight is 476 g/mol. The average Bonchev–Trinajstić information content (AvgIpc) is 2.88. The lowest BCUT2D eigenvalue weighted by Gasteiger charge is -2.35. The Morgan fingerprint density at radius 1 is 0.788 bits per heavy atom.